The smallest absolute Gasteiger partial charge is 0.254 e. The highest BCUT2D eigenvalue weighted by molar-refractivity contribution is 5.94. The Bertz CT molecular complexity index is 457. The number of nitrogens with zero attached hydrogens (tertiary/aromatic N) is 1. The topological polar surface area (TPSA) is 20.3 Å². The fraction of sp³-hybridized carbons (Fsp3) is 0.650. The molecule has 1 amide bonds. The second kappa shape index (κ2) is 8.36. The van der Waals surface area contributed by atoms with Crippen molar-refractivity contribution in [3.8, 4) is 0 Å². The highest BCUT2D eigenvalue weighted by Crippen LogP contribution is 2.24. The van der Waals surface area contributed by atoms with Crippen LogP contribution in [0.5, 0.6) is 0 Å². The maximum Gasteiger partial charge on any atom is 0.254 e. The van der Waals surface area contributed by atoms with Gasteiger partial charge in [-0.1, -0.05) is 52.2 Å². The Morgan fingerprint density at radius 1 is 1.14 bits per heavy atom. The van der Waals surface area contributed by atoms with Crippen molar-refractivity contribution in [3.05, 3.63) is 35.4 Å². The SMILES string of the molecule is CCCN(C(=O)c1ccc(CC(C)C)cc1)C1CCCCC1. The Hall–Kier alpha value is -1.31. The minimum Gasteiger partial charge on any atom is -0.336 e. The number of hydrogen-bond donors (Lipinski definition) is 0. The van der Waals surface area contributed by atoms with Gasteiger partial charge in [-0.05, 0) is 49.3 Å². The second-order valence-electron chi connectivity index (χ2n) is 7.09. The lowest BCUT2D eigenvalue weighted by atomic mass is 9.93. The monoisotopic (exact) mass is 301 g/mol. The molecule has 1 aromatic rings. The Morgan fingerprint density at radius 2 is 1.77 bits per heavy atom. The van der Waals surface area contributed by atoms with Crippen molar-refractivity contribution in [1.82, 2.24) is 4.90 Å². The summed E-state index contributed by atoms with van der Waals surface area (Å²) in [6, 6.07) is 8.74. The van der Waals surface area contributed by atoms with Crippen molar-refractivity contribution >= 4 is 5.91 Å². The van der Waals surface area contributed by atoms with E-state index in [1.807, 2.05) is 12.1 Å². The van der Waals surface area contributed by atoms with Crippen molar-refractivity contribution in [1.29, 1.82) is 0 Å². The molecule has 1 saturated carbocycles. The third-order valence-corrected chi connectivity index (χ3v) is 4.59. The summed E-state index contributed by atoms with van der Waals surface area (Å²) >= 11 is 0. The molecule has 0 radical (unpaired) electrons. The summed E-state index contributed by atoms with van der Waals surface area (Å²) in [4.78, 5) is 15.0. The van der Waals surface area contributed by atoms with E-state index in [1.54, 1.807) is 0 Å². The van der Waals surface area contributed by atoms with Gasteiger partial charge in [-0.15, -0.1) is 0 Å². The van der Waals surface area contributed by atoms with Crippen molar-refractivity contribution in [3.63, 3.8) is 0 Å². The first-order valence-corrected chi connectivity index (χ1v) is 9.01. The maximum atomic E-state index is 12.9. The Kier molecular flexibility index (Phi) is 6.48. The van der Waals surface area contributed by atoms with Crippen molar-refractivity contribution in [2.45, 2.75) is 71.8 Å². The molecule has 0 atom stereocenters. The molecule has 1 aliphatic carbocycles. The zero-order chi connectivity index (χ0) is 15.9. The van der Waals surface area contributed by atoms with Gasteiger partial charge in [0.15, 0.2) is 0 Å². The molecule has 2 heteroatoms. The van der Waals surface area contributed by atoms with Crippen LogP contribution in [0.25, 0.3) is 0 Å². The predicted molar refractivity (Wildman–Crippen MR) is 93.2 cm³/mol. The van der Waals surface area contributed by atoms with E-state index >= 15 is 0 Å². The van der Waals surface area contributed by atoms with E-state index in [0.29, 0.717) is 12.0 Å². The molecule has 0 aromatic heterocycles. The fourth-order valence-corrected chi connectivity index (χ4v) is 3.50. The lowest BCUT2D eigenvalue weighted by molar-refractivity contribution is 0.0634. The average Bonchev–Trinajstić information content (AvgIpc) is 2.53. The number of amides is 1. The van der Waals surface area contributed by atoms with E-state index in [9.17, 15) is 4.79 Å². The van der Waals surface area contributed by atoms with Crippen LogP contribution in [0.1, 0.15) is 75.2 Å². The van der Waals surface area contributed by atoms with Gasteiger partial charge in [-0.3, -0.25) is 4.79 Å². The zero-order valence-electron chi connectivity index (χ0n) is 14.5. The lowest BCUT2D eigenvalue weighted by Crippen LogP contribution is -2.41. The second-order valence-corrected chi connectivity index (χ2v) is 7.09. The molecule has 0 unspecified atom stereocenters. The summed E-state index contributed by atoms with van der Waals surface area (Å²) in [5.41, 5.74) is 2.18. The van der Waals surface area contributed by atoms with E-state index in [-0.39, 0.29) is 5.91 Å². The number of rotatable bonds is 6. The van der Waals surface area contributed by atoms with Crippen LogP contribution < -0.4 is 0 Å². The van der Waals surface area contributed by atoms with Crippen LogP contribution in [0.15, 0.2) is 24.3 Å². The van der Waals surface area contributed by atoms with Gasteiger partial charge in [0, 0.05) is 18.2 Å². The molecule has 0 aliphatic heterocycles. The van der Waals surface area contributed by atoms with Gasteiger partial charge in [0.25, 0.3) is 5.91 Å². The van der Waals surface area contributed by atoms with Gasteiger partial charge in [0.2, 0.25) is 0 Å². The predicted octanol–water partition coefficient (Wildman–Crippen LogP) is 5.07. The van der Waals surface area contributed by atoms with E-state index in [2.05, 4.69) is 37.8 Å². The van der Waals surface area contributed by atoms with Crippen LogP contribution in [-0.2, 0) is 6.42 Å². The normalized spacial score (nSPS) is 16.0. The standard InChI is InChI=1S/C20H31NO/c1-4-14-21(19-8-6-5-7-9-19)20(22)18-12-10-17(11-13-18)15-16(2)3/h10-13,16,19H,4-9,14-15H2,1-3H3. The van der Waals surface area contributed by atoms with E-state index < -0.39 is 0 Å². The van der Waals surface area contributed by atoms with Crippen molar-refractivity contribution < 1.29 is 4.79 Å². The molecule has 1 aliphatic rings. The number of carbonyl (C=O) groups is 1. The summed E-state index contributed by atoms with van der Waals surface area (Å²) in [5, 5.41) is 0. The van der Waals surface area contributed by atoms with Gasteiger partial charge in [-0.2, -0.15) is 0 Å². The minimum atomic E-state index is 0.227. The van der Waals surface area contributed by atoms with E-state index in [1.165, 1.54) is 37.7 Å². The summed E-state index contributed by atoms with van der Waals surface area (Å²) in [6.07, 6.45) is 8.34. The highest BCUT2D eigenvalue weighted by Gasteiger charge is 2.25. The van der Waals surface area contributed by atoms with Crippen LogP contribution in [0.4, 0.5) is 0 Å². The van der Waals surface area contributed by atoms with Crippen LogP contribution in [-0.4, -0.2) is 23.4 Å². The van der Waals surface area contributed by atoms with Crippen LogP contribution in [0.2, 0.25) is 0 Å². The third-order valence-electron chi connectivity index (χ3n) is 4.59. The van der Waals surface area contributed by atoms with Gasteiger partial charge in [-0.25, -0.2) is 0 Å². The summed E-state index contributed by atoms with van der Waals surface area (Å²) < 4.78 is 0. The third kappa shape index (κ3) is 4.59. The summed E-state index contributed by atoms with van der Waals surface area (Å²) in [5.74, 6) is 0.880. The quantitative estimate of drug-likeness (QED) is 0.718. The largest absolute Gasteiger partial charge is 0.336 e. The van der Waals surface area contributed by atoms with Crippen LogP contribution in [0.3, 0.4) is 0 Å². The van der Waals surface area contributed by atoms with Crippen molar-refractivity contribution in [2.24, 2.45) is 5.92 Å². The van der Waals surface area contributed by atoms with Crippen LogP contribution in [0, 0.1) is 5.92 Å². The Labute approximate surface area is 135 Å². The first kappa shape index (κ1) is 17.1. The minimum absolute atomic E-state index is 0.227. The summed E-state index contributed by atoms with van der Waals surface area (Å²) in [6.45, 7) is 7.50. The number of carbonyl (C=O) groups excluding carboxylic acids is 1. The molecule has 22 heavy (non-hydrogen) atoms. The molecule has 1 aromatic carbocycles. The summed E-state index contributed by atoms with van der Waals surface area (Å²) in [7, 11) is 0. The molecular weight excluding hydrogens is 270 g/mol. The molecule has 0 N–H and O–H groups in total. The molecule has 2 rings (SSSR count). The number of hydrogen-bond acceptors (Lipinski definition) is 1. The van der Waals surface area contributed by atoms with Gasteiger partial charge in [0.05, 0.1) is 0 Å². The zero-order valence-corrected chi connectivity index (χ0v) is 14.5. The molecule has 0 saturated heterocycles. The van der Waals surface area contributed by atoms with Crippen LogP contribution >= 0.6 is 0 Å². The van der Waals surface area contributed by atoms with Gasteiger partial charge >= 0.3 is 0 Å². The highest BCUT2D eigenvalue weighted by atomic mass is 16.2. The fourth-order valence-electron chi connectivity index (χ4n) is 3.50. The molecule has 0 bridgehead atoms. The van der Waals surface area contributed by atoms with E-state index in [0.717, 1.165) is 24.9 Å². The molecule has 2 nitrogen and oxygen atoms in total. The van der Waals surface area contributed by atoms with Gasteiger partial charge < -0.3 is 4.90 Å². The average molecular weight is 301 g/mol. The molecule has 122 valence electrons. The lowest BCUT2D eigenvalue weighted by Gasteiger charge is -2.34. The molecular formula is C20H31NO. The van der Waals surface area contributed by atoms with Gasteiger partial charge in [0.1, 0.15) is 0 Å². The Balaban J connectivity index is 2.08. The molecule has 0 heterocycles. The first-order chi connectivity index (χ1) is 10.6. The van der Waals surface area contributed by atoms with E-state index in [4.69, 9.17) is 0 Å². The number of benzene rings is 1. The first-order valence-electron chi connectivity index (χ1n) is 9.01. The molecule has 1 fully saturated rings. The molecule has 0 spiro atoms. The Morgan fingerprint density at radius 3 is 2.32 bits per heavy atom. The maximum absolute atomic E-state index is 12.9. The van der Waals surface area contributed by atoms with Crippen molar-refractivity contribution in [2.75, 3.05) is 6.54 Å².